The standard InChI is InChI=1S/C29H35N5O3/c1-5-29(4,28(35)36-7-3)37-20-23-18-27(21-13-14-22-19-30-33(6-2)26(22)17-21)34(31-23)25-12-9-8-11-24(25)32-15-10-16-32/h8-9,11-14,17-19H,5-7,10,15-16,20H2,1-4H3/t29-/m1/s1. The van der Waals surface area contributed by atoms with Gasteiger partial charge >= 0.3 is 5.97 Å². The Morgan fingerprint density at radius 3 is 2.51 bits per heavy atom. The van der Waals surface area contributed by atoms with Crippen LogP contribution in [0.25, 0.3) is 27.8 Å². The summed E-state index contributed by atoms with van der Waals surface area (Å²) in [5.74, 6) is -0.349. The summed E-state index contributed by atoms with van der Waals surface area (Å²) in [5, 5.41) is 10.6. The molecule has 3 heterocycles. The number of aryl methyl sites for hydroxylation is 1. The van der Waals surface area contributed by atoms with Crippen LogP contribution in [0, 0.1) is 0 Å². The number of para-hydroxylation sites is 2. The van der Waals surface area contributed by atoms with E-state index in [1.165, 1.54) is 6.42 Å². The van der Waals surface area contributed by atoms with Crippen molar-refractivity contribution >= 4 is 22.6 Å². The van der Waals surface area contributed by atoms with Crippen molar-refractivity contribution in [1.29, 1.82) is 0 Å². The Labute approximate surface area is 217 Å². The molecule has 0 saturated carbocycles. The van der Waals surface area contributed by atoms with Crippen molar-refractivity contribution in [2.45, 2.75) is 59.3 Å². The van der Waals surface area contributed by atoms with Crippen molar-refractivity contribution in [2.75, 3.05) is 24.6 Å². The zero-order valence-electron chi connectivity index (χ0n) is 22.1. The SMILES string of the molecule is CCOC(=O)[C@@](C)(CC)OCc1cc(-c2ccc3cnn(CC)c3c2)n(-c2ccccc2N2CCC2)n1. The van der Waals surface area contributed by atoms with Crippen LogP contribution < -0.4 is 4.90 Å². The predicted molar refractivity (Wildman–Crippen MR) is 145 cm³/mol. The number of benzene rings is 2. The number of carbonyl (C=O) groups is 1. The van der Waals surface area contributed by atoms with Crippen LogP contribution in [-0.4, -0.2) is 50.8 Å². The Morgan fingerprint density at radius 2 is 1.84 bits per heavy atom. The summed E-state index contributed by atoms with van der Waals surface area (Å²) >= 11 is 0. The van der Waals surface area contributed by atoms with Crippen molar-refractivity contribution in [3.05, 3.63) is 60.4 Å². The lowest BCUT2D eigenvalue weighted by molar-refractivity contribution is -0.172. The molecule has 0 spiro atoms. The Balaban J connectivity index is 1.57. The lowest BCUT2D eigenvalue weighted by atomic mass is 10.0. The summed E-state index contributed by atoms with van der Waals surface area (Å²) in [7, 11) is 0. The van der Waals surface area contributed by atoms with Gasteiger partial charge in [-0.05, 0) is 57.9 Å². The molecule has 1 aliphatic heterocycles. The molecule has 1 fully saturated rings. The van der Waals surface area contributed by atoms with Crippen LogP contribution in [0.2, 0.25) is 0 Å². The van der Waals surface area contributed by atoms with Gasteiger partial charge in [0.2, 0.25) is 0 Å². The van der Waals surface area contributed by atoms with E-state index in [0.29, 0.717) is 13.0 Å². The second-order valence-electron chi connectivity index (χ2n) is 9.59. The molecule has 0 aliphatic carbocycles. The van der Waals surface area contributed by atoms with Gasteiger partial charge in [0.1, 0.15) is 0 Å². The molecule has 4 aromatic rings. The first-order chi connectivity index (χ1) is 18.0. The van der Waals surface area contributed by atoms with Crippen molar-refractivity contribution in [1.82, 2.24) is 19.6 Å². The van der Waals surface area contributed by atoms with Crippen LogP contribution in [0.15, 0.2) is 54.7 Å². The molecule has 0 amide bonds. The van der Waals surface area contributed by atoms with Gasteiger partial charge in [-0.15, -0.1) is 0 Å². The van der Waals surface area contributed by atoms with Crippen LogP contribution >= 0.6 is 0 Å². The zero-order chi connectivity index (χ0) is 26.0. The maximum atomic E-state index is 12.6. The first kappa shape index (κ1) is 25.0. The summed E-state index contributed by atoms with van der Waals surface area (Å²) in [6, 6.07) is 16.8. The number of aromatic nitrogens is 4. The second kappa shape index (κ2) is 10.4. The van der Waals surface area contributed by atoms with Gasteiger partial charge in [-0.25, -0.2) is 9.48 Å². The molecular weight excluding hydrogens is 466 g/mol. The van der Waals surface area contributed by atoms with E-state index in [4.69, 9.17) is 14.6 Å². The van der Waals surface area contributed by atoms with Crippen LogP contribution in [0.5, 0.6) is 0 Å². The normalized spacial score (nSPS) is 15.0. The molecule has 37 heavy (non-hydrogen) atoms. The fraction of sp³-hybridized carbons (Fsp3) is 0.414. The highest BCUT2D eigenvalue weighted by Crippen LogP contribution is 2.33. The smallest absolute Gasteiger partial charge is 0.338 e. The van der Waals surface area contributed by atoms with Crippen LogP contribution in [0.1, 0.15) is 46.2 Å². The lowest BCUT2D eigenvalue weighted by Crippen LogP contribution is -2.39. The highest BCUT2D eigenvalue weighted by Gasteiger charge is 2.34. The van der Waals surface area contributed by atoms with Gasteiger partial charge in [0.05, 0.1) is 47.7 Å². The van der Waals surface area contributed by atoms with Gasteiger partial charge in [0.25, 0.3) is 0 Å². The molecular formula is C29H35N5O3. The average molecular weight is 502 g/mol. The molecule has 1 atom stereocenters. The fourth-order valence-electron chi connectivity index (χ4n) is 4.66. The third kappa shape index (κ3) is 4.73. The second-order valence-corrected chi connectivity index (χ2v) is 9.59. The maximum Gasteiger partial charge on any atom is 0.338 e. The van der Waals surface area contributed by atoms with E-state index in [1.54, 1.807) is 13.8 Å². The quantitative estimate of drug-likeness (QED) is 0.272. The van der Waals surface area contributed by atoms with E-state index in [0.717, 1.165) is 58.9 Å². The van der Waals surface area contributed by atoms with E-state index in [9.17, 15) is 4.79 Å². The van der Waals surface area contributed by atoms with Gasteiger partial charge in [0, 0.05) is 30.6 Å². The minimum absolute atomic E-state index is 0.199. The number of nitrogens with zero attached hydrogens (tertiary/aromatic N) is 5. The highest BCUT2D eigenvalue weighted by molar-refractivity contribution is 5.84. The largest absolute Gasteiger partial charge is 0.464 e. The van der Waals surface area contributed by atoms with Crippen molar-refractivity contribution in [3.8, 4) is 16.9 Å². The van der Waals surface area contributed by atoms with Crippen LogP contribution in [0.3, 0.4) is 0 Å². The fourth-order valence-corrected chi connectivity index (χ4v) is 4.66. The average Bonchev–Trinajstić information content (AvgIpc) is 3.50. The number of fused-ring (bicyclic) bond motifs is 1. The van der Waals surface area contributed by atoms with Crippen LogP contribution in [0.4, 0.5) is 5.69 Å². The molecule has 194 valence electrons. The molecule has 2 aromatic carbocycles. The first-order valence-corrected chi connectivity index (χ1v) is 13.2. The van der Waals surface area contributed by atoms with Crippen LogP contribution in [-0.2, 0) is 27.4 Å². The maximum absolute atomic E-state index is 12.6. The van der Waals surface area contributed by atoms with Crippen molar-refractivity contribution < 1.29 is 14.3 Å². The molecule has 1 saturated heterocycles. The van der Waals surface area contributed by atoms with Crippen molar-refractivity contribution in [2.24, 2.45) is 0 Å². The molecule has 0 N–H and O–H groups in total. The molecule has 8 nitrogen and oxygen atoms in total. The first-order valence-electron chi connectivity index (χ1n) is 13.2. The number of ether oxygens (including phenoxy) is 2. The number of hydrogen-bond acceptors (Lipinski definition) is 6. The lowest BCUT2D eigenvalue weighted by Gasteiger charge is -2.34. The van der Waals surface area contributed by atoms with Gasteiger partial charge in [-0.2, -0.15) is 10.2 Å². The number of anilines is 1. The molecule has 1 aliphatic rings. The van der Waals surface area contributed by atoms with E-state index in [1.807, 2.05) is 28.6 Å². The summed E-state index contributed by atoms with van der Waals surface area (Å²) in [6.45, 7) is 11.0. The third-order valence-electron chi connectivity index (χ3n) is 7.23. The Bertz CT molecular complexity index is 1400. The number of esters is 1. The summed E-state index contributed by atoms with van der Waals surface area (Å²) in [5.41, 5.74) is 5.01. The minimum Gasteiger partial charge on any atom is -0.464 e. The molecule has 8 heteroatoms. The molecule has 0 unspecified atom stereocenters. The summed E-state index contributed by atoms with van der Waals surface area (Å²) < 4.78 is 15.4. The summed E-state index contributed by atoms with van der Waals surface area (Å²) in [4.78, 5) is 14.9. The van der Waals surface area contributed by atoms with Gasteiger partial charge in [0.15, 0.2) is 5.60 Å². The molecule has 5 rings (SSSR count). The third-order valence-corrected chi connectivity index (χ3v) is 7.23. The minimum atomic E-state index is -1.03. The van der Waals surface area contributed by atoms with E-state index in [2.05, 4.69) is 59.4 Å². The molecule has 2 aromatic heterocycles. The topological polar surface area (TPSA) is 74.4 Å². The number of carbonyl (C=O) groups excluding carboxylic acids is 1. The number of rotatable bonds is 10. The van der Waals surface area contributed by atoms with E-state index < -0.39 is 5.60 Å². The predicted octanol–water partition coefficient (Wildman–Crippen LogP) is 5.37. The Hall–Kier alpha value is -3.65. The molecule has 0 bridgehead atoms. The van der Waals surface area contributed by atoms with Gasteiger partial charge in [-0.1, -0.05) is 31.2 Å². The number of hydrogen-bond donors (Lipinski definition) is 0. The van der Waals surface area contributed by atoms with E-state index >= 15 is 0 Å². The van der Waals surface area contributed by atoms with Gasteiger partial charge < -0.3 is 14.4 Å². The van der Waals surface area contributed by atoms with Crippen molar-refractivity contribution in [3.63, 3.8) is 0 Å². The highest BCUT2D eigenvalue weighted by atomic mass is 16.6. The monoisotopic (exact) mass is 501 g/mol. The van der Waals surface area contributed by atoms with E-state index in [-0.39, 0.29) is 12.6 Å². The Kier molecular flexibility index (Phi) is 7.02. The molecule has 0 radical (unpaired) electrons. The Morgan fingerprint density at radius 1 is 1.05 bits per heavy atom. The van der Waals surface area contributed by atoms with Gasteiger partial charge in [-0.3, -0.25) is 4.68 Å². The zero-order valence-corrected chi connectivity index (χ0v) is 22.1. The summed E-state index contributed by atoms with van der Waals surface area (Å²) in [6.07, 6.45) is 3.61.